The molecule has 27 heavy (non-hydrogen) atoms. The van der Waals surface area contributed by atoms with Gasteiger partial charge in [0.15, 0.2) is 0 Å². The summed E-state index contributed by atoms with van der Waals surface area (Å²) >= 11 is -0.516. The van der Waals surface area contributed by atoms with Crippen LogP contribution >= 0.6 is 0 Å². The van der Waals surface area contributed by atoms with Crippen molar-refractivity contribution in [2.75, 3.05) is 0 Å². The van der Waals surface area contributed by atoms with Gasteiger partial charge in [0.1, 0.15) is 0 Å². The Labute approximate surface area is 190 Å². The third-order valence-corrected chi connectivity index (χ3v) is 10.9. The van der Waals surface area contributed by atoms with Crippen LogP contribution in [-0.4, -0.2) is 0 Å². The van der Waals surface area contributed by atoms with E-state index in [9.17, 15) is 0 Å². The van der Waals surface area contributed by atoms with Gasteiger partial charge in [-0.25, -0.2) is 0 Å². The molecule has 0 spiro atoms. The van der Waals surface area contributed by atoms with E-state index in [1.807, 2.05) is 6.56 Å². The van der Waals surface area contributed by atoms with Crippen LogP contribution in [0.5, 0.6) is 0 Å². The Balaban J connectivity index is 0.00000131. The Morgan fingerprint density at radius 2 is 1.04 bits per heavy atom. The molecule has 4 rings (SSSR count). The minimum absolute atomic E-state index is 0. The Morgan fingerprint density at radius 1 is 0.630 bits per heavy atom. The van der Waals surface area contributed by atoms with E-state index in [4.69, 9.17) is 0 Å². The van der Waals surface area contributed by atoms with Gasteiger partial charge in [-0.15, -0.1) is 0 Å². The van der Waals surface area contributed by atoms with E-state index < -0.39 is 23.2 Å². The number of halogens is 2. The first kappa shape index (κ1) is 23.7. The van der Waals surface area contributed by atoms with Crippen LogP contribution in [0, 0.1) is 11.8 Å². The van der Waals surface area contributed by atoms with E-state index >= 15 is 0 Å². The Kier molecular flexibility index (Phi) is 10.7. The van der Waals surface area contributed by atoms with Crippen molar-refractivity contribution in [3.05, 3.63) is 42.0 Å². The van der Waals surface area contributed by atoms with Crippen molar-refractivity contribution < 1.29 is 48.0 Å². The predicted octanol–water partition coefficient (Wildman–Crippen LogP) is 1.45. The number of rotatable bonds is 6. The second kappa shape index (κ2) is 12.2. The van der Waals surface area contributed by atoms with E-state index in [1.54, 1.807) is 11.1 Å². The first-order valence-corrected chi connectivity index (χ1v) is 13.4. The molecule has 2 saturated carbocycles. The summed E-state index contributed by atoms with van der Waals surface area (Å²) in [6.45, 7) is 0. The fraction of sp³-hybridized carbons (Fsp3) is 0.667. The van der Waals surface area contributed by atoms with Crippen molar-refractivity contribution in [3.63, 3.8) is 0 Å². The summed E-state index contributed by atoms with van der Waals surface area (Å²) in [6.07, 6.45) is 30.2. The number of allylic oxidation sites excluding steroid dienone is 8. The van der Waals surface area contributed by atoms with E-state index in [0.29, 0.717) is 0 Å². The molecule has 0 amide bonds. The average Bonchev–Trinajstić information content (AvgIpc) is 3.27. The van der Waals surface area contributed by atoms with Gasteiger partial charge in [0.2, 0.25) is 0 Å². The van der Waals surface area contributed by atoms with Crippen molar-refractivity contribution in [2.24, 2.45) is 11.8 Å². The first-order valence-electron chi connectivity index (χ1n) is 10.9. The molecule has 0 unspecified atom stereocenters. The number of hydrogen-bond acceptors (Lipinski definition) is 0. The van der Waals surface area contributed by atoms with Gasteiger partial charge in [0.25, 0.3) is 0 Å². The third kappa shape index (κ3) is 6.72. The summed E-state index contributed by atoms with van der Waals surface area (Å²) in [6, 6.07) is 0. The summed E-state index contributed by atoms with van der Waals surface area (Å²) in [7, 11) is 0. The van der Waals surface area contributed by atoms with Crippen LogP contribution in [0.4, 0.5) is 0 Å². The minimum atomic E-state index is -0.516. The summed E-state index contributed by atoms with van der Waals surface area (Å²) in [5.41, 5.74) is 3.57. The number of hydrogen-bond donors (Lipinski definition) is 0. The maximum atomic E-state index is 2.51. The summed E-state index contributed by atoms with van der Waals surface area (Å²) in [4.78, 5) is 0. The Morgan fingerprint density at radius 3 is 1.44 bits per heavy atom. The molecule has 0 nitrogen and oxygen atoms in total. The Bertz CT molecular complexity index is 536. The normalized spacial score (nSPS) is 23.4. The first-order chi connectivity index (χ1) is 12.4. The molecule has 0 atom stereocenters. The molecule has 2 fully saturated rings. The van der Waals surface area contributed by atoms with Crippen LogP contribution in [0.2, 0.25) is 0 Å². The molecular formula is C24H34Cl2Zr. The molecule has 148 valence electrons. The van der Waals surface area contributed by atoms with Crippen molar-refractivity contribution in [3.8, 4) is 0 Å². The van der Waals surface area contributed by atoms with Gasteiger partial charge >= 0.3 is 167 Å². The van der Waals surface area contributed by atoms with Gasteiger partial charge in [-0.05, 0) is 0 Å². The van der Waals surface area contributed by atoms with Crippen molar-refractivity contribution in [1.29, 1.82) is 0 Å². The molecule has 4 aliphatic rings. The molecule has 0 aromatic heterocycles. The average molecular weight is 485 g/mol. The van der Waals surface area contributed by atoms with Gasteiger partial charge in [-0.3, -0.25) is 0 Å². The molecule has 0 radical (unpaired) electrons. The zero-order chi connectivity index (χ0) is 16.9. The molecule has 3 heteroatoms. The smallest absolute Gasteiger partial charge is 1.00 e. The van der Waals surface area contributed by atoms with Crippen molar-refractivity contribution >= 4 is 0 Å². The Hall–Kier alpha value is 0.423. The summed E-state index contributed by atoms with van der Waals surface area (Å²) < 4.78 is 3.85. The van der Waals surface area contributed by atoms with E-state index in [-0.39, 0.29) is 24.8 Å². The van der Waals surface area contributed by atoms with E-state index in [1.165, 1.54) is 89.9 Å². The maximum Gasteiger partial charge on any atom is -1.00 e. The van der Waals surface area contributed by atoms with Gasteiger partial charge in [-0.2, -0.15) is 0 Å². The van der Waals surface area contributed by atoms with E-state index in [0.717, 1.165) is 11.8 Å². The van der Waals surface area contributed by atoms with Crippen LogP contribution in [0.25, 0.3) is 0 Å². The standard InChI is InChI=1S/2C12H17.2ClH.Zr/c2*1-2-6-11(7-3-1)10-12-8-4-5-9-12;;;/h2*4,8,11H,1-3,5-7,10H2;2*1H;/q;;;;+2/p-2. The molecule has 0 saturated heterocycles. The maximum absolute atomic E-state index is 2.51. The molecule has 0 N–H and O–H groups in total. The molecule has 0 aliphatic heterocycles. The van der Waals surface area contributed by atoms with Crippen molar-refractivity contribution in [2.45, 2.75) is 89.9 Å². The topological polar surface area (TPSA) is 0 Å². The van der Waals surface area contributed by atoms with Crippen LogP contribution in [0.3, 0.4) is 0 Å². The monoisotopic (exact) mass is 482 g/mol. The molecule has 0 aromatic carbocycles. The van der Waals surface area contributed by atoms with Crippen LogP contribution < -0.4 is 24.8 Å². The zero-order valence-electron chi connectivity index (χ0n) is 16.6. The fourth-order valence-corrected chi connectivity index (χ4v) is 9.01. The van der Waals surface area contributed by atoms with Crippen molar-refractivity contribution in [1.82, 2.24) is 0 Å². The van der Waals surface area contributed by atoms with Gasteiger partial charge in [-0.1, -0.05) is 0 Å². The second-order valence-electron chi connectivity index (χ2n) is 8.76. The zero-order valence-corrected chi connectivity index (χ0v) is 20.6. The molecule has 0 aromatic rings. The summed E-state index contributed by atoms with van der Waals surface area (Å²) in [5.74, 6) is 2.00. The van der Waals surface area contributed by atoms with Crippen LogP contribution in [-0.2, 0) is 23.2 Å². The second-order valence-corrected chi connectivity index (χ2v) is 12.3. The van der Waals surface area contributed by atoms with Gasteiger partial charge in [0, 0.05) is 0 Å². The van der Waals surface area contributed by atoms with Crippen LogP contribution in [0.15, 0.2) is 42.0 Å². The van der Waals surface area contributed by atoms with Gasteiger partial charge < -0.3 is 24.8 Å². The fourth-order valence-electron chi connectivity index (χ4n) is 5.33. The minimum Gasteiger partial charge on any atom is -1.00 e. The molecule has 0 heterocycles. The predicted molar refractivity (Wildman–Crippen MR) is 104 cm³/mol. The van der Waals surface area contributed by atoms with Gasteiger partial charge in [0.05, 0.1) is 0 Å². The van der Waals surface area contributed by atoms with Crippen LogP contribution in [0.1, 0.15) is 89.9 Å². The van der Waals surface area contributed by atoms with E-state index in [2.05, 4.69) is 24.3 Å². The third-order valence-electron chi connectivity index (χ3n) is 6.83. The molecule has 4 aliphatic carbocycles. The quantitative estimate of drug-likeness (QED) is 0.536. The largest absolute Gasteiger partial charge is 1.00 e. The SMILES string of the molecule is C1=CC(CC2CCCCC2)=[C]([Zr+2][C]2=C(CC3CCCCC3)C=CC2)C1.[Cl-].[Cl-]. The summed E-state index contributed by atoms with van der Waals surface area (Å²) in [5, 5.41) is 0. The molecular weight excluding hydrogens is 450 g/mol. The molecule has 0 bridgehead atoms.